The normalized spacial score (nSPS) is 10.4. The van der Waals surface area contributed by atoms with Gasteiger partial charge in [-0.1, -0.05) is 12.1 Å². The molecule has 2 N–H and O–H groups in total. The van der Waals surface area contributed by atoms with Crippen LogP contribution in [0.5, 0.6) is 11.5 Å². The smallest absolute Gasteiger partial charge is 0.165 e. The van der Waals surface area contributed by atoms with Gasteiger partial charge in [0.1, 0.15) is 12.4 Å². The Morgan fingerprint density at radius 2 is 1.86 bits per heavy atom. The molecule has 0 fully saturated rings. The van der Waals surface area contributed by atoms with Crippen LogP contribution < -0.4 is 10.1 Å². The molecule has 0 radical (unpaired) electrons. The molecule has 4 nitrogen and oxygen atoms in total. The van der Waals surface area contributed by atoms with E-state index in [0.29, 0.717) is 25.3 Å². The molecule has 21 heavy (non-hydrogen) atoms. The fraction of sp³-hybridized carbons (Fsp3) is 0.250. The third-order valence-corrected chi connectivity index (χ3v) is 2.96. The highest BCUT2D eigenvalue weighted by Gasteiger charge is 2.05. The van der Waals surface area contributed by atoms with E-state index in [0.717, 1.165) is 11.4 Å². The number of hydrogen-bond acceptors (Lipinski definition) is 4. The molecule has 2 rings (SSSR count). The van der Waals surface area contributed by atoms with Crippen LogP contribution in [0.3, 0.4) is 0 Å². The maximum absolute atomic E-state index is 13.2. The van der Waals surface area contributed by atoms with Gasteiger partial charge in [-0.15, -0.1) is 0 Å². The highest BCUT2D eigenvalue weighted by Crippen LogP contribution is 2.22. The van der Waals surface area contributed by atoms with Crippen molar-refractivity contribution in [3.63, 3.8) is 0 Å². The molecule has 0 unspecified atom stereocenters. The molecule has 0 aliphatic carbocycles. The van der Waals surface area contributed by atoms with E-state index in [4.69, 9.17) is 9.47 Å². The summed E-state index contributed by atoms with van der Waals surface area (Å²) in [6.07, 6.45) is 0. The van der Waals surface area contributed by atoms with E-state index in [1.807, 2.05) is 24.3 Å². The van der Waals surface area contributed by atoms with Crippen LogP contribution in [0.4, 0.5) is 10.1 Å². The minimum atomic E-state index is -0.615. The van der Waals surface area contributed by atoms with Crippen molar-refractivity contribution >= 4 is 5.69 Å². The molecule has 5 heteroatoms. The van der Waals surface area contributed by atoms with E-state index < -0.39 is 5.82 Å². The number of hydrogen-bond donors (Lipinski definition) is 2. The lowest BCUT2D eigenvalue weighted by Crippen LogP contribution is -2.04. The topological polar surface area (TPSA) is 50.7 Å². The number of phenols is 1. The Morgan fingerprint density at radius 1 is 1.10 bits per heavy atom. The molecule has 0 amide bonds. The molecular weight excluding hydrogens is 273 g/mol. The molecule has 0 heterocycles. The van der Waals surface area contributed by atoms with Gasteiger partial charge in [-0.2, -0.15) is 0 Å². The molecule has 2 aromatic carbocycles. The van der Waals surface area contributed by atoms with E-state index in [9.17, 15) is 9.50 Å². The second kappa shape index (κ2) is 7.50. The van der Waals surface area contributed by atoms with E-state index in [1.165, 1.54) is 6.07 Å². The molecular formula is C16H18FNO3. The maximum Gasteiger partial charge on any atom is 0.165 e. The number of rotatable bonds is 7. The Labute approximate surface area is 123 Å². The first-order valence-electron chi connectivity index (χ1n) is 6.62. The van der Waals surface area contributed by atoms with Gasteiger partial charge in [-0.05, 0) is 30.3 Å². The highest BCUT2D eigenvalue weighted by molar-refractivity contribution is 5.47. The minimum Gasteiger partial charge on any atom is -0.505 e. The Balaban J connectivity index is 1.90. The lowest BCUT2D eigenvalue weighted by molar-refractivity contribution is 0.146. The molecule has 0 aliphatic rings. The van der Waals surface area contributed by atoms with E-state index >= 15 is 0 Å². The molecule has 0 atom stereocenters. The van der Waals surface area contributed by atoms with Crippen molar-refractivity contribution in [3.8, 4) is 11.5 Å². The van der Waals surface area contributed by atoms with E-state index in [2.05, 4.69) is 5.32 Å². The predicted molar refractivity (Wildman–Crippen MR) is 79.2 cm³/mol. The van der Waals surface area contributed by atoms with Crippen LogP contribution in [0.1, 0.15) is 5.56 Å². The summed E-state index contributed by atoms with van der Waals surface area (Å²) in [5.74, 6) is -0.174. The lowest BCUT2D eigenvalue weighted by atomic mass is 10.2. The summed E-state index contributed by atoms with van der Waals surface area (Å²) in [5.41, 5.74) is 1.37. The third-order valence-electron chi connectivity index (χ3n) is 2.96. The second-order valence-corrected chi connectivity index (χ2v) is 4.47. The number of halogens is 1. The van der Waals surface area contributed by atoms with Crippen molar-refractivity contribution < 1.29 is 19.0 Å². The number of phenolic OH excluding ortho intramolecular Hbond substituents is 1. The zero-order chi connectivity index (χ0) is 15.1. The number of aromatic hydroxyl groups is 1. The molecule has 2 aromatic rings. The highest BCUT2D eigenvalue weighted by atomic mass is 19.1. The zero-order valence-electron chi connectivity index (χ0n) is 11.8. The van der Waals surface area contributed by atoms with Gasteiger partial charge >= 0.3 is 0 Å². The third kappa shape index (κ3) is 4.36. The summed E-state index contributed by atoms with van der Waals surface area (Å²) in [6, 6.07) is 11.9. The second-order valence-electron chi connectivity index (χ2n) is 4.47. The first-order valence-corrected chi connectivity index (χ1v) is 6.62. The van der Waals surface area contributed by atoms with Crippen LogP contribution >= 0.6 is 0 Å². The molecule has 0 saturated heterocycles. The average molecular weight is 291 g/mol. The number of methoxy groups -OCH3 is 1. The average Bonchev–Trinajstić information content (AvgIpc) is 2.50. The monoisotopic (exact) mass is 291 g/mol. The van der Waals surface area contributed by atoms with Crippen LogP contribution in [0.15, 0.2) is 42.5 Å². The zero-order valence-corrected chi connectivity index (χ0v) is 11.8. The number of ether oxygens (including phenoxy) is 2. The lowest BCUT2D eigenvalue weighted by Gasteiger charge is -2.10. The van der Waals surface area contributed by atoms with Crippen molar-refractivity contribution in [2.45, 2.75) is 6.54 Å². The number of para-hydroxylation sites is 1. The fourth-order valence-electron chi connectivity index (χ4n) is 1.81. The molecule has 0 aliphatic heterocycles. The minimum absolute atomic E-state index is 0.315. The summed E-state index contributed by atoms with van der Waals surface area (Å²) in [7, 11) is 1.62. The Kier molecular flexibility index (Phi) is 5.40. The van der Waals surface area contributed by atoms with Gasteiger partial charge in [-0.3, -0.25) is 0 Å². The molecule has 0 bridgehead atoms. The van der Waals surface area contributed by atoms with Crippen molar-refractivity contribution in [2.24, 2.45) is 0 Å². The summed E-state index contributed by atoms with van der Waals surface area (Å²) in [4.78, 5) is 0. The SMILES string of the molecule is COCCOc1ccc(NCc2cccc(F)c2O)cc1. The Morgan fingerprint density at radius 3 is 2.57 bits per heavy atom. The van der Waals surface area contributed by atoms with Crippen LogP contribution in [0.25, 0.3) is 0 Å². The molecule has 112 valence electrons. The first-order chi connectivity index (χ1) is 10.2. The van der Waals surface area contributed by atoms with Crippen LogP contribution in [0, 0.1) is 5.82 Å². The van der Waals surface area contributed by atoms with Crippen molar-refractivity contribution in [3.05, 3.63) is 53.8 Å². The standard InChI is InChI=1S/C16H18FNO3/c1-20-9-10-21-14-7-5-13(6-8-14)18-11-12-3-2-4-15(17)16(12)19/h2-8,18-19H,9-11H2,1H3. The van der Waals surface area contributed by atoms with Crippen molar-refractivity contribution in [2.75, 3.05) is 25.6 Å². The Bertz CT molecular complexity index is 572. The van der Waals surface area contributed by atoms with Gasteiger partial charge < -0.3 is 19.9 Å². The Hall–Kier alpha value is -2.27. The summed E-state index contributed by atoms with van der Waals surface area (Å²) >= 11 is 0. The molecule has 0 spiro atoms. The first kappa shape index (κ1) is 15.1. The largest absolute Gasteiger partial charge is 0.505 e. The predicted octanol–water partition coefficient (Wildman–Crippen LogP) is 3.17. The van der Waals surface area contributed by atoms with Gasteiger partial charge in [0, 0.05) is 24.9 Å². The van der Waals surface area contributed by atoms with E-state index in [1.54, 1.807) is 19.2 Å². The van der Waals surface area contributed by atoms with Gasteiger partial charge in [0.05, 0.1) is 6.61 Å². The van der Waals surface area contributed by atoms with Crippen molar-refractivity contribution in [1.82, 2.24) is 0 Å². The van der Waals surface area contributed by atoms with Gasteiger partial charge in [-0.25, -0.2) is 4.39 Å². The van der Waals surface area contributed by atoms with Crippen molar-refractivity contribution in [1.29, 1.82) is 0 Å². The van der Waals surface area contributed by atoms with Gasteiger partial charge in [0.25, 0.3) is 0 Å². The maximum atomic E-state index is 13.2. The fourth-order valence-corrected chi connectivity index (χ4v) is 1.81. The quantitative estimate of drug-likeness (QED) is 0.769. The summed E-state index contributed by atoms with van der Waals surface area (Å²) in [5, 5.41) is 12.7. The van der Waals surface area contributed by atoms with Crippen LogP contribution in [0.2, 0.25) is 0 Å². The number of benzene rings is 2. The summed E-state index contributed by atoms with van der Waals surface area (Å²) in [6.45, 7) is 1.38. The van der Waals surface area contributed by atoms with Gasteiger partial charge in [0.15, 0.2) is 11.6 Å². The number of anilines is 1. The van der Waals surface area contributed by atoms with Gasteiger partial charge in [0.2, 0.25) is 0 Å². The number of nitrogens with one attached hydrogen (secondary N) is 1. The van der Waals surface area contributed by atoms with E-state index in [-0.39, 0.29) is 5.75 Å². The van der Waals surface area contributed by atoms with Crippen LogP contribution in [-0.4, -0.2) is 25.4 Å². The van der Waals surface area contributed by atoms with Crippen LogP contribution in [-0.2, 0) is 11.3 Å². The summed E-state index contributed by atoms with van der Waals surface area (Å²) < 4.78 is 23.6. The molecule has 0 saturated carbocycles. The molecule has 0 aromatic heterocycles.